The van der Waals surface area contributed by atoms with Gasteiger partial charge in [0.2, 0.25) is 0 Å². The van der Waals surface area contributed by atoms with Crippen molar-refractivity contribution < 1.29 is 4.92 Å². The lowest BCUT2D eigenvalue weighted by atomic mass is 10.2. The van der Waals surface area contributed by atoms with E-state index < -0.39 is 4.92 Å². The maximum absolute atomic E-state index is 10.6. The Labute approximate surface area is 118 Å². The fraction of sp³-hybridized carbons (Fsp3) is 0.643. The number of rotatable bonds is 3. The molecular formula is C14H20N4O2. The number of nitrogens with zero attached hydrogens (tertiary/aromatic N) is 4. The van der Waals surface area contributed by atoms with Crippen molar-refractivity contribution in [1.82, 2.24) is 9.88 Å². The summed E-state index contributed by atoms with van der Waals surface area (Å²) in [7, 11) is 0. The zero-order chi connectivity index (χ0) is 13.9. The average Bonchev–Trinajstić information content (AvgIpc) is 3.02. The van der Waals surface area contributed by atoms with E-state index in [2.05, 4.69) is 14.8 Å². The van der Waals surface area contributed by atoms with Crippen LogP contribution in [0.3, 0.4) is 0 Å². The minimum absolute atomic E-state index is 0.0540. The molecule has 0 unspecified atom stereocenters. The third kappa shape index (κ3) is 2.75. The first-order valence-electron chi connectivity index (χ1n) is 7.33. The lowest BCUT2D eigenvalue weighted by molar-refractivity contribution is -0.385. The monoisotopic (exact) mass is 276 g/mol. The number of hydrogen-bond acceptors (Lipinski definition) is 5. The molecule has 6 nitrogen and oxygen atoms in total. The van der Waals surface area contributed by atoms with E-state index in [0.29, 0.717) is 0 Å². The molecule has 0 amide bonds. The summed E-state index contributed by atoms with van der Waals surface area (Å²) in [6, 6.07) is 4.07. The van der Waals surface area contributed by atoms with E-state index in [-0.39, 0.29) is 5.69 Å². The fourth-order valence-corrected chi connectivity index (χ4v) is 3.26. The van der Waals surface area contributed by atoms with Gasteiger partial charge in [-0.15, -0.1) is 0 Å². The highest BCUT2D eigenvalue weighted by Gasteiger charge is 2.26. The molecule has 1 aromatic heterocycles. The van der Waals surface area contributed by atoms with Gasteiger partial charge >= 0.3 is 0 Å². The summed E-state index contributed by atoms with van der Waals surface area (Å²) < 4.78 is 0. The van der Waals surface area contributed by atoms with Crippen molar-refractivity contribution in [2.45, 2.75) is 31.7 Å². The molecule has 0 N–H and O–H groups in total. The molecule has 0 radical (unpaired) electrons. The molecule has 6 heteroatoms. The second-order valence-corrected chi connectivity index (χ2v) is 5.59. The average molecular weight is 276 g/mol. The van der Waals surface area contributed by atoms with Crippen LogP contribution in [-0.2, 0) is 0 Å². The third-order valence-corrected chi connectivity index (χ3v) is 4.42. The Balaban J connectivity index is 1.58. The van der Waals surface area contributed by atoms with Crippen LogP contribution >= 0.6 is 0 Å². The fourth-order valence-electron chi connectivity index (χ4n) is 3.26. The van der Waals surface area contributed by atoms with Gasteiger partial charge in [0.15, 0.2) is 0 Å². The molecule has 1 saturated heterocycles. The summed E-state index contributed by atoms with van der Waals surface area (Å²) in [5.74, 6) is 0.849. The number of pyridine rings is 1. The number of piperazine rings is 1. The summed E-state index contributed by atoms with van der Waals surface area (Å²) in [5.41, 5.74) is 0.0540. The minimum atomic E-state index is -0.408. The molecule has 1 saturated carbocycles. The van der Waals surface area contributed by atoms with E-state index in [4.69, 9.17) is 0 Å². The van der Waals surface area contributed by atoms with E-state index in [1.54, 1.807) is 6.07 Å². The molecule has 0 bridgehead atoms. The summed E-state index contributed by atoms with van der Waals surface area (Å²) in [4.78, 5) is 19.2. The first-order chi connectivity index (χ1) is 9.74. The normalized spacial score (nSPS) is 21.3. The second-order valence-electron chi connectivity index (χ2n) is 5.59. The smallest absolute Gasteiger partial charge is 0.287 e. The quantitative estimate of drug-likeness (QED) is 0.624. The van der Waals surface area contributed by atoms with Crippen molar-refractivity contribution in [2.75, 3.05) is 31.1 Å². The largest absolute Gasteiger partial charge is 0.354 e. The van der Waals surface area contributed by atoms with E-state index >= 15 is 0 Å². The molecule has 2 aliphatic rings. The minimum Gasteiger partial charge on any atom is -0.354 e. The van der Waals surface area contributed by atoms with E-state index in [9.17, 15) is 10.1 Å². The predicted molar refractivity (Wildman–Crippen MR) is 76.9 cm³/mol. The summed E-state index contributed by atoms with van der Waals surface area (Å²) in [6.45, 7) is 4.06. The molecule has 20 heavy (non-hydrogen) atoms. The van der Waals surface area contributed by atoms with Crippen LogP contribution in [0.15, 0.2) is 18.3 Å². The highest BCUT2D eigenvalue weighted by molar-refractivity contribution is 5.43. The van der Waals surface area contributed by atoms with Crippen LogP contribution in [0.25, 0.3) is 0 Å². The number of nitro groups is 1. The molecule has 0 spiro atoms. The van der Waals surface area contributed by atoms with Crippen molar-refractivity contribution in [3.63, 3.8) is 0 Å². The Morgan fingerprint density at radius 3 is 2.40 bits per heavy atom. The van der Waals surface area contributed by atoms with Crippen molar-refractivity contribution >= 4 is 11.5 Å². The van der Waals surface area contributed by atoms with Gasteiger partial charge in [0.1, 0.15) is 12.0 Å². The van der Waals surface area contributed by atoms with Crippen molar-refractivity contribution in [3.8, 4) is 0 Å². The van der Waals surface area contributed by atoms with Crippen LogP contribution in [0, 0.1) is 10.1 Å². The highest BCUT2D eigenvalue weighted by atomic mass is 16.6. The van der Waals surface area contributed by atoms with E-state index in [1.807, 2.05) is 0 Å². The SMILES string of the molecule is O=[N+]([O-])c1ccc(N2CCN(C3CCCC3)CC2)nc1. The molecule has 1 aromatic rings. The Kier molecular flexibility index (Phi) is 3.82. The molecule has 1 aliphatic heterocycles. The van der Waals surface area contributed by atoms with Gasteiger partial charge in [-0.05, 0) is 18.9 Å². The Bertz CT molecular complexity index is 463. The molecule has 0 aromatic carbocycles. The van der Waals surface area contributed by atoms with E-state index in [0.717, 1.165) is 38.0 Å². The first kappa shape index (κ1) is 13.3. The Morgan fingerprint density at radius 2 is 1.85 bits per heavy atom. The van der Waals surface area contributed by atoms with Gasteiger partial charge in [0, 0.05) is 38.3 Å². The van der Waals surface area contributed by atoms with Crippen molar-refractivity contribution in [1.29, 1.82) is 0 Å². The molecule has 0 atom stereocenters. The number of aromatic nitrogens is 1. The number of anilines is 1. The van der Waals surface area contributed by atoms with Crippen molar-refractivity contribution in [2.24, 2.45) is 0 Å². The van der Waals surface area contributed by atoms with Gasteiger partial charge in [-0.1, -0.05) is 12.8 Å². The van der Waals surface area contributed by atoms with Crippen LogP contribution in [-0.4, -0.2) is 47.0 Å². The van der Waals surface area contributed by atoms with Gasteiger partial charge in [0.25, 0.3) is 5.69 Å². The topological polar surface area (TPSA) is 62.5 Å². The standard InChI is InChI=1S/C14H20N4O2/c19-18(20)13-5-6-14(15-11-13)17-9-7-16(8-10-17)12-3-1-2-4-12/h5-6,11-12H,1-4,7-10H2. The Morgan fingerprint density at radius 1 is 1.15 bits per heavy atom. The summed E-state index contributed by atoms with van der Waals surface area (Å²) in [5, 5.41) is 10.6. The summed E-state index contributed by atoms with van der Waals surface area (Å²) >= 11 is 0. The second kappa shape index (κ2) is 5.75. The summed E-state index contributed by atoms with van der Waals surface area (Å²) in [6.07, 6.45) is 6.77. The maximum Gasteiger partial charge on any atom is 0.287 e. The molecule has 2 fully saturated rings. The van der Waals surface area contributed by atoms with Gasteiger partial charge in [-0.3, -0.25) is 15.0 Å². The third-order valence-electron chi connectivity index (χ3n) is 4.42. The van der Waals surface area contributed by atoms with Gasteiger partial charge in [-0.25, -0.2) is 4.98 Å². The molecule has 2 heterocycles. The van der Waals surface area contributed by atoms with Gasteiger partial charge in [-0.2, -0.15) is 0 Å². The zero-order valence-electron chi connectivity index (χ0n) is 11.6. The highest BCUT2D eigenvalue weighted by Crippen LogP contribution is 2.25. The molecule has 1 aliphatic carbocycles. The molecule has 3 rings (SSSR count). The number of hydrogen-bond donors (Lipinski definition) is 0. The zero-order valence-corrected chi connectivity index (χ0v) is 11.6. The van der Waals surface area contributed by atoms with Gasteiger partial charge in [0.05, 0.1) is 4.92 Å². The molecule has 108 valence electrons. The lowest BCUT2D eigenvalue weighted by Crippen LogP contribution is -2.49. The van der Waals surface area contributed by atoms with Crippen LogP contribution in [0.5, 0.6) is 0 Å². The van der Waals surface area contributed by atoms with Crippen LogP contribution < -0.4 is 4.90 Å². The van der Waals surface area contributed by atoms with Crippen molar-refractivity contribution in [3.05, 3.63) is 28.4 Å². The van der Waals surface area contributed by atoms with Crippen LogP contribution in [0.2, 0.25) is 0 Å². The Hall–Kier alpha value is -1.69. The molecular weight excluding hydrogens is 256 g/mol. The van der Waals surface area contributed by atoms with E-state index in [1.165, 1.54) is 37.9 Å². The van der Waals surface area contributed by atoms with Gasteiger partial charge < -0.3 is 4.90 Å². The van der Waals surface area contributed by atoms with Crippen LogP contribution in [0.1, 0.15) is 25.7 Å². The predicted octanol–water partition coefficient (Wildman–Crippen LogP) is 2.05. The lowest BCUT2D eigenvalue weighted by Gasteiger charge is -2.38. The van der Waals surface area contributed by atoms with Crippen LogP contribution in [0.4, 0.5) is 11.5 Å². The maximum atomic E-state index is 10.6. The first-order valence-corrected chi connectivity index (χ1v) is 7.33.